The lowest BCUT2D eigenvalue weighted by Gasteiger charge is -2.29. The van der Waals surface area contributed by atoms with Gasteiger partial charge in [-0.3, -0.25) is 0 Å². The Labute approximate surface area is 144 Å². The molecule has 0 amide bonds. The molecule has 0 radical (unpaired) electrons. The third-order valence-electron chi connectivity index (χ3n) is 5.78. The smallest absolute Gasteiger partial charge is 0.0960 e. The van der Waals surface area contributed by atoms with Crippen LogP contribution in [0.1, 0.15) is 68.8 Å². The summed E-state index contributed by atoms with van der Waals surface area (Å²) in [6, 6.07) is 0.283. The maximum Gasteiger partial charge on any atom is 0.0960 e. The molecule has 0 bridgehead atoms. The molecule has 1 aromatic rings. The number of fused-ring (bicyclic) bond motifs is 1. The number of allylic oxidation sites excluding steroid dienone is 2. The van der Waals surface area contributed by atoms with Crippen LogP contribution in [0, 0.1) is 5.92 Å². The topological polar surface area (TPSA) is 21.1 Å². The van der Waals surface area contributed by atoms with E-state index in [1.807, 2.05) is 6.33 Å². The first kappa shape index (κ1) is 15.3. The van der Waals surface area contributed by atoms with Crippen molar-refractivity contribution in [2.24, 2.45) is 5.92 Å². The Morgan fingerprint density at radius 1 is 1.17 bits per heavy atom. The molecule has 1 aliphatic carbocycles. The van der Waals surface area contributed by atoms with Gasteiger partial charge in [0.25, 0.3) is 0 Å². The predicted octanol–water partition coefficient (Wildman–Crippen LogP) is 4.92. The molecule has 0 aromatic carbocycles. The lowest BCUT2D eigenvalue weighted by atomic mass is 9.94. The minimum Gasteiger partial charge on any atom is -0.378 e. The quantitative estimate of drug-likeness (QED) is 0.783. The molecular formula is C19H26ClN3. The molecule has 3 aliphatic rings. The van der Waals surface area contributed by atoms with Gasteiger partial charge in [0, 0.05) is 30.0 Å². The number of imidazole rings is 1. The van der Waals surface area contributed by atoms with Gasteiger partial charge in [0.15, 0.2) is 0 Å². The minimum atomic E-state index is 0.283. The van der Waals surface area contributed by atoms with E-state index < -0.39 is 0 Å². The summed E-state index contributed by atoms with van der Waals surface area (Å²) in [5, 5.41) is 0.966. The Hall–Kier alpha value is -1.22. The van der Waals surface area contributed by atoms with E-state index >= 15 is 0 Å². The van der Waals surface area contributed by atoms with E-state index in [4.69, 9.17) is 16.6 Å². The molecular weight excluding hydrogens is 306 g/mol. The molecule has 1 aromatic heterocycles. The molecule has 2 unspecified atom stereocenters. The Kier molecular flexibility index (Phi) is 4.23. The van der Waals surface area contributed by atoms with Crippen molar-refractivity contribution in [3.05, 3.63) is 35.0 Å². The third kappa shape index (κ3) is 2.84. The fourth-order valence-corrected chi connectivity index (χ4v) is 4.54. The van der Waals surface area contributed by atoms with Gasteiger partial charge in [-0.15, -0.1) is 0 Å². The first-order valence-electron chi connectivity index (χ1n) is 9.10. The summed E-state index contributed by atoms with van der Waals surface area (Å²) in [6.45, 7) is 4.59. The Morgan fingerprint density at radius 2 is 1.91 bits per heavy atom. The van der Waals surface area contributed by atoms with E-state index in [-0.39, 0.29) is 6.04 Å². The summed E-state index contributed by atoms with van der Waals surface area (Å²) in [4.78, 5) is 7.21. The second-order valence-corrected chi connectivity index (χ2v) is 7.73. The van der Waals surface area contributed by atoms with Crippen molar-refractivity contribution in [2.45, 2.75) is 57.4 Å². The third-order valence-corrected chi connectivity index (χ3v) is 6.23. The van der Waals surface area contributed by atoms with E-state index in [1.54, 1.807) is 0 Å². The van der Waals surface area contributed by atoms with Crippen LogP contribution in [-0.4, -0.2) is 27.5 Å². The zero-order valence-electron chi connectivity index (χ0n) is 13.9. The molecule has 0 N–H and O–H groups in total. The van der Waals surface area contributed by atoms with Crippen molar-refractivity contribution in [1.29, 1.82) is 0 Å². The molecule has 2 atom stereocenters. The monoisotopic (exact) mass is 331 g/mol. The van der Waals surface area contributed by atoms with Crippen molar-refractivity contribution in [2.75, 3.05) is 13.1 Å². The zero-order valence-corrected chi connectivity index (χ0v) is 14.7. The van der Waals surface area contributed by atoms with Crippen LogP contribution >= 0.6 is 11.6 Å². The Bertz CT molecular complexity index is 619. The van der Waals surface area contributed by atoms with Crippen molar-refractivity contribution < 1.29 is 0 Å². The van der Waals surface area contributed by atoms with Gasteiger partial charge in [0.05, 0.1) is 23.8 Å². The lowest BCUT2D eigenvalue weighted by Crippen LogP contribution is -2.21. The van der Waals surface area contributed by atoms with Gasteiger partial charge in [-0.2, -0.15) is 0 Å². The van der Waals surface area contributed by atoms with E-state index in [9.17, 15) is 0 Å². The van der Waals surface area contributed by atoms with Crippen LogP contribution in [0.2, 0.25) is 0 Å². The van der Waals surface area contributed by atoms with Gasteiger partial charge >= 0.3 is 0 Å². The maximum absolute atomic E-state index is 6.59. The molecule has 2 fully saturated rings. The van der Waals surface area contributed by atoms with Crippen molar-refractivity contribution in [3.8, 4) is 0 Å². The Balaban J connectivity index is 1.64. The summed E-state index contributed by atoms with van der Waals surface area (Å²) in [7, 11) is 0. The number of hydrogen-bond donors (Lipinski definition) is 0. The summed E-state index contributed by atoms with van der Waals surface area (Å²) in [5.41, 5.74) is 2.52. The molecule has 4 rings (SSSR count). The highest BCUT2D eigenvalue weighted by Gasteiger charge is 2.31. The fourth-order valence-electron chi connectivity index (χ4n) is 4.31. The number of hydrogen-bond acceptors (Lipinski definition) is 2. The molecule has 0 spiro atoms. The van der Waals surface area contributed by atoms with Crippen LogP contribution in [0.3, 0.4) is 0 Å². The van der Waals surface area contributed by atoms with E-state index in [0.29, 0.717) is 11.8 Å². The SMILES string of the molecule is CC1C(Cl)=Cc2c(C3CCCC3)ncn2C1/C=C/N1CCCC1. The van der Waals surface area contributed by atoms with Crippen molar-refractivity contribution in [3.63, 3.8) is 0 Å². The van der Waals surface area contributed by atoms with Crippen LogP contribution in [0.25, 0.3) is 6.08 Å². The van der Waals surface area contributed by atoms with Gasteiger partial charge < -0.3 is 9.47 Å². The summed E-state index contributed by atoms with van der Waals surface area (Å²) < 4.78 is 2.34. The highest BCUT2D eigenvalue weighted by molar-refractivity contribution is 6.32. The van der Waals surface area contributed by atoms with E-state index in [2.05, 4.69) is 34.7 Å². The van der Waals surface area contributed by atoms with Crippen LogP contribution in [0.5, 0.6) is 0 Å². The fraction of sp³-hybridized carbons (Fsp3) is 0.632. The largest absolute Gasteiger partial charge is 0.378 e. The molecule has 1 saturated carbocycles. The first-order valence-corrected chi connectivity index (χ1v) is 9.48. The van der Waals surface area contributed by atoms with Gasteiger partial charge in [0.1, 0.15) is 0 Å². The highest BCUT2D eigenvalue weighted by Crippen LogP contribution is 2.41. The average Bonchev–Trinajstić information content (AvgIpc) is 3.28. The molecule has 2 aliphatic heterocycles. The van der Waals surface area contributed by atoms with Crippen molar-refractivity contribution >= 4 is 17.7 Å². The number of rotatable bonds is 3. The molecule has 4 heteroatoms. The first-order chi connectivity index (χ1) is 11.2. The predicted molar refractivity (Wildman–Crippen MR) is 95.4 cm³/mol. The summed E-state index contributed by atoms with van der Waals surface area (Å²) in [6.07, 6.45) is 16.7. The van der Waals surface area contributed by atoms with E-state index in [0.717, 1.165) is 5.03 Å². The number of nitrogens with zero attached hydrogens (tertiary/aromatic N) is 3. The van der Waals surface area contributed by atoms with Crippen molar-refractivity contribution in [1.82, 2.24) is 14.5 Å². The standard InChI is InChI=1S/C19H26ClN3/c1-14-16(20)12-18-19(15-6-2-3-7-15)21-13-23(18)17(14)8-11-22-9-4-5-10-22/h8,11-15,17H,2-7,9-10H2,1H3/b11-8+. The van der Waals surface area contributed by atoms with Gasteiger partial charge in [0.2, 0.25) is 0 Å². The van der Waals surface area contributed by atoms with E-state index in [1.165, 1.54) is 63.0 Å². The van der Waals surface area contributed by atoms with Crippen LogP contribution in [-0.2, 0) is 0 Å². The second-order valence-electron chi connectivity index (χ2n) is 7.30. The van der Waals surface area contributed by atoms with Crippen LogP contribution in [0.4, 0.5) is 0 Å². The normalized spacial score (nSPS) is 28.6. The second kappa shape index (κ2) is 6.35. The van der Waals surface area contributed by atoms with Crippen LogP contribution < -0.4 is 0 Å². The molecule has 1 saturated heterocycles. The van der Waals surface area contributed by atoms with Gasteiger partial charge in [-0.05, 0) is 44.0 Å². The lowest BCUT2D eigenvalue weighted by molar-refractivity contribution is 0.436. The number of likely N-dealkylation sites (tertiary alicyclic amines) is 1. The minimum absolute atomic E-state index is 0.283. The molecule has 124 valence electrons. The molecule has 23 heavy (non-hydrogen) atoms. The van der Waals surface area contributed by atoms with Crippen LogP contribution in [0.15, 0.2) is 23.6 Å². The average molecular weight is 332 g/mol. The van der Waals surface area contributed by atoms with Gasteiger partial charge in [-0.1, -0.05) is 31.4 Å². The molecule has 3 nitrogen and oxygen atoms in total. The molecule has 3 heterocycles. The zero-order chi connectivity index (χ0) is 15.8. The number of aromatic nitrogens is 2. The van der Waals surface area contributed by atoms with Gasteiger partial charge in [-0.25, -0.2) is 4.98 Å². The Morgan fingerprint density at radius 3 is 2.65 bits per heavy atom. The highest BCUT2D eigenvalue weighted by atomic mass is 35.5. The maximum atomic E-state index is 6.59. The number of halogens is 1. The summed E-state index contributed by atoms with van der Waals surface area (Å²) >= 11 is 6.59. The summed E-state index contributed by atoms with van der Waals surface area (Å²) in [5.74, 6) is 0.942.